The summed E-state index contributed by atoms with van der Waals surface area (Å²) in [5.41, 5.74) is 2.71. The number of piperidine rings is 1. The van der Waals surface area contributed by atoms with E-state index in [0.717, 1.165) is 31.6 Å². The fourth-order valence-corrected chi connectivity index (χ4v) is 4.04. The van der Waals surface area contributed by atoms with Crippen molar-refractivity contribution in [1.29, 1.82) is 0 Å². The molecule has 0 unspecified atom stereocenters. The van der Waals surface area contributed by atoms with E-state index in [1.165, 1.54) is 5.56 Å². The molecule has 0 radical (unpaired) electrons. The molecule has 5 heteroatoms. The number of likely N-dealkylation sites (tertiary alicyclic amines) is 1. The molecule has 1 saturated heterocycles. The molecule has 1 amide bonds. The van der Waals surface area contributed by atoms with Crippen molar-refractivity contribution >= 4 is 5.91 Å². The summed E-state index contributed by atoms with van der Waals surface area (Å²) in [4.78, 5) is 15.1. The minimum atomic E-state index is 0.0346. The molecule has 25 heavy (non-hydrogen) atoms. The van der Waals surface area contributed by atoms with Crippen LogP contribution in [-0.4, -0.2) is 40.8 Å². The summed E-state index contributed by atoms with van der Waals surface area (Å²) in [5, 5.41) is 4.34. The van der Waals surface area contributed by atoms with Gasteiger partial charge >= 0.3 is 0 Å². The lowest BCUT2D eigenvalue weighted by atomic mass is 9.79. The fourth-order valence-electron chi connectivity index (χ4n) is 4.04. The van der Waals surface area contributed by atoms with Gasteiger partial charge in [0.15, 0.2) is 0 Å². The number of ether oxygens (including phenoxy) is 1. The second kappa shape index (κ2) is 7.30. The minimum Gasteiger partial charge on any atom is -0.481 e. The molecule has 0 saturated carbocycles. The first-order valence-corrected chi connectivity index (χ1v) is 8.98. The zero-order chi connectivity index (χ0) is 18.0. The Morgan fingerprint density at radius 1 is 1.32 bits per heavy atom. The Morgan fingerprint density at radius 3 is 2.68 bits per heavy atom. The van der Waals surface area contributed by atoms with Crippen molar-refractivity contribution in [1.82, 2.24) is 14.7 Å². The van der Waals surface area contributed by atoms with Crippen molar-refractivity contribution in [3.8, 4) is 5.88 Å². The van der Waals surface area contributed by atoms with E-state index >= 15 is 0 Å². The summed E-state index contributed by atoms with van der Waals surface area (Å²) in [7, 11) is 3.39. The van der Waals surface area contributed by atoms with Gasteiger partial charge in [-0.25, -0.2) is 4.68 Å². The lowest BCUT2D eigenvalue weighted by Crippen LogP contribution is -2.43. The Morgan fingerprint density at radius 2 is 2.04 bits per heavy atom. The summed E-state index contributed by atoms with van der Waals surface area (Å²) in [6.45, 7) is 5.63. The zero-order valence-corrected chi connectivity index (χ0v) is 15.5. The molecule has 2 heterocycles. The lowest BCUT2D eigenvalue weighted by Gasteiger charge is -2.38. The lowest BCUT2D eigenvalue weighted by molar-refractivity contribution is 0.0641. The number of aromatic nitrogens is 2. The summed E-state index contributed by atoms with van der Waals surface area (Å²) in [5.74, 6) is 1.57. The van der Waals surface area contributed by atoms with Gasteiger partial charge in [-0.2, -0.15) is 5.10 Å². The summed E-state index contributed by atoms with van der Waals surface area (Å²) in [6.07, 6.45) is 2.06. The van der Waals surface area contributed by atoms with Crippen LogP contribution in [0.5, 0.6) is 5.88 Å². The number of aryl methyl sites for hydroxylation is 2. The highest BCUT2D eigenvalue weighted by Crippen LogP contribution is 2.36. The summed E-state index contributed by atoms with van der Waals surface area (Å²) >= 11 is 0. The highest BCUT2D eigenvalue weighted by atomic mass is 16.5. The average Bonchev–Trinajstić information content (AvgIpc) is 2.94. The predicted octanol–water partition coefficient (Wildman–Crippen LogP) is 3.39. The van der Waals surface area contributed by atoms with Gasteiger partial charge in [-0.05, 0) is 30.7 Å². The maximum atomic E-state index is 13.1. The monoisotopic (exact) mass is 341 g/mol. The topological polar surface area (TPSA) is 47.4 Å². The molecule has 0 bridgehead atoms. The number of hydrogen-bond donors (Lipinski definition) is 0. The Balaban J connectivity index is 1.81. The maximum Gasteiger partial charge on any atom is 0.261 e. The van der Waals surface area contributed by atoms with Crippen LogP contribution in [0, 0.1) is 12.8 Å². The van der Waals surface area contributed by atoms with E-state index in [2.05, 4.69) is 42.4 Å². The van der Waals surface area contributed by atoms with E-state index in [4.69, 9.17) is 4.74 Å². The van der Waals surface area contributed by atoms with Crippen LogP contribution >= 0.6 is 0 Å². The van der Waals surface area contributed by atoms with Gasteiger partial charge in [0.05, 0.1) is 12.8 Å². The normalized spacial score (nSPS) is 20.6. The second-order valence-electron chi connectivity index (χ2n) is 6.82. The fraction of sp³-hybridized carbons (Fsp3) is 0.500. The van der Waals surface area contributed by atoms with Gasteiger partial charge in [-0.1, -0.05) is 43.7 Å². The highest BCUT2D eigenvalue weighted by molar-refractivity contribution is 5.97. The van der Waals surface area contributed by atoms with E-state index in [0.29, 0.717) is 23.3 Å². The third-order valence-electron chi connectivity index (χ3n) is 5.35. The highest BCUT2D eigenvalue weighted by Gasteiger charge is 2.34. The van der Waals surface area contributed by atoms with Crippen LogP contribution in [0.25, 0.3) is 0 Å². The van der Waals surface area contributed by atoms with Crippen molar-refractivity contribution in [2.24, 2.45) is 13.0 Å². The molecule has 3 rings (SSSR count). The van der Waals surface area contributed by atoms with Crippen molar-refractivity contribution in [3.63, 3.8) is 0 Å². The molecule has 5 nitrogen and oxygen atoms in total. The van der Waals surface area contributed by atoms with Crippen molar-refractivity contribution in [2.75, 3.05) is 20.2 Å². The van der Waals surface area contributed by atoms with Gasteiger partial charge in [0, 0.05) is 20.1 Å². The quantitative estimate of drug-likeness (QED) is 0.856. The molecular weight excluding hydrogens is 314 g/mol. The van der Waals surface area contributed by atoms with Crippen LogP contribution in [0.4, 0.5) is 0 Å². The van der Waals surface area contributed by atoms with Crippen molar-refractivity contribution < 1.29 is 9.53 Å². The number of amides is 1. The van der Waals surface area contributed by atoms with Gasteiger partial charge in [-0.15, -0.1) is 0 Å². The molecule has 1 aromatic heterocycles. The minimum absolute atomic E-state index is 0.0346. The van der Waals surface area contributed by atoms with Gasteiger partial charge < -0.3 is 9.64 Å². The van der Waals surface area contributed by atoms with Crippen LogP contribution in [0.15, 0.2) is 30.3 Å². The first-order valence-electron chi connectivity index (χ1n) is 8.98. The number of carbonyl (C=O) groups excluding carboxylic acids is 1. The molecule has 1 aromatic carbocycles. The van der Waals surface area contributed by atoms with Gasteiger partial charge in [0.1, 0.15) is 5.56 Å². The zero-order valence-electron chi connectivity index (χ0n) is 15.5. The molecule has 1 aliphatic heterocycles. The van der Waals surface area contributed by atoms with Crippen LogP contribution in [0.2, 0.25) is 0 Å². The molecule has 2 aromatic rings. The number of carbonyl (C=O) groups is 1. The Bertz CT molecular complexity index is 739. The average molecular weight is 341 g/mol. The summed E-state index contributed by atoms with van der Waals surface area (Å²) in [6, 6.07) is 10.7. The van der Waals surface area contributed by atoms with Crippen LogP contribution in [0.1, 0.15) is 47.3 Å². The largest absolute Gasteiger partial charge is 0.481 e. The molecule has 1 fully saturated rings. The van der Waals surface area contributed by atoms with E-state index in [1.807, 2.05) is 11.8 Å². The molecule has 0 aliphatic carbocycles. The first-order chi connectivity index (χ1) is 12.1. The second-order valence-corrected chi connectivity index (χ2v) is 6.82. The number of nitrogens with zero attached hydrogens (tertiary/aromatic N) is 3. The van der Waals surface area contributed by atoms with Crippen LogP contribution in [0.3, 0.4) is 0 Å². The molecular formula is C20H27N3O2. The third-order valence-corrected chi connectivity index (χ3v) is 5.35. The van der Waals surface area contributed by atoms with E-state index in [1.54, 1.807) is 18.8 Å². The molecule has 134 valence electrons. The molecule has 0 spiro atoms. The van der Waals surface area contributed by atoms with Gasteiger partial charge in [0.2, 0.25) is 5.88 Å². The Hall–Kier alpha value is -2.30. The van der Waals surface area contributed by atoms with E-state index < -0.39 is 0 Å². The Labute approximate surface area is 149 Å². The SMILES string of the molecule is CC[C@H]1CN(C(=O)c2c(C)nn(C)c2OC)CC[C@@H]1c1ccccc1. The van der Waals surface area contributed by atoms with E-state index in [-0.39, 0.29) is 5.91 Å². The number of rotatable bonds is 4. The van der Waals surface area contributed by atoms with Crippen LogP contribution in [-0.2, 0) is 7.05 Å². The van der Waals surface area contributed by atoms with Gasteiger partial charge in [-0.3, -0.25) is 4.79 Å². The van der Waals surface area contributed by atoms with Gasteiger partial charge in [0.25, 0.3) is 5.91 Å². The first kappa shape index (κ1) is 17.5. The number of methoxy groups -OCH3 is 1. The number of benzene rings is 1. The van der Waals surface area contributed by atoms with Crippen molar-refractivity contribution in [3.05, 3.63) is 47.2 Å². The Kier molecular flexibility index (Phi) is 5.11. The van der Waals surface area contributed by atoms with Crippen LogP contribution < -0.4 is 4.74 Å². The maximum absolute atomic E-state index is 13.1. The molecule has 1 aliphatic rings. The number of hydrogen-bond acceptors (Lipinski definition) is 3. The third kappa shape index (κ3) is 3.28. The van der Waals surface area contributed by atoms with E-state index in [9.17, 15) is 4.79 Å². The summed E-state index contributed by atoms with van der Waals surface area (Å²) < 4.78 is 7.04. The van der Waals surface area contributed by atoms with Crippen molar-refractivity contribution in [2.45, 2.75) is 32.6 Å². The molecule has 2 atom stereocenters. The predicted molar refractivity (Wildman–Crippen MR) is 98.0 cm³/mol. The molecule has 0 N–H and O–H groups in total. The smallest absolute Gasteiger partial charge is 0.261 e. The standard InChI is InChI=1S/C20H27N3O2/c1-5-15-13-23(12-11-17(15)16-9-7-6-8-10-16)19(24)18-14(2)21-22(3)20(18)25-4/h6-10,15,17H,5,11-13H2,1-4H3/t15-,17-/m0/s1.